The van der Waals surface area contributed by atoms with Gasteiger partial charge in [-0.25, -0.2) is 0 Å². The molecule has 0 spiro atoms. The minimum atomic E-state index is -0.402. The molecular weight excluding hydrogens is 256 g/mol. The molecule has 0 saturated heterocycles. The quantitative estimate of drug-likeness (QED) is 0.615. The number of carbonyl (C=O) groups excluding carboxylic acids is 1. The Hall–Kier alpha value is -2.48. The number of rotatable bonds is 6. The zero-order valence-corrected chi connectivity index (χ0v) is 11.6. The second kappa shape index (κ2) is 7.85. The van der Waals surface area contributed by atoms with E-state index in [-0.39, 0.29) is 11.3 Å². The summed E-state index contributed by atoms with van der Waals surface area (Å²) in [7, 11) is 0. The molecule has 1 amide bonds. The maximum absolute atomic E-state index is 11.7. The van der Waals surface area contributed by atoms with Crippen LogP contribution in [0.25, 0.3) is 6.08 Å². The van der Waals surface area contributed by atoms with Gasteiger partial charge in [-0.2, -0.15) is 5.26 Å². The Kier molecular flexibility index (Phi) is 6.11. The lowest BCUT2D eigenvalue weighted by molar-refractivity contribution is -0.117. The molecule has 0 radical (unpaired) electrons. The Balaban J connectivity index is 2.98. The predicted octanol–water partition coefficient (Wildman–Crippen LogP) is 2.22. The van der Waals surface area contributed by atoms with Gasteiger partial charge in [0.1, 0.15) is 11.6 Å². The number of aromatic hydroxyl groups is 1. The van der Waals surface area contributed by atoms with Crippen LogP contribution >= 0.6 is 0 Å². The summed E-state index contributed by atoms with van der Waals surface area (Å²) in [5, 5.41) is 21.3. The van der Waals surface area contributed by atoms with Crippen LogP contribution in [-0.2, 0) is 4.79 Å². The molecule has 0 unspecified atom stereocenters. The molecule has 0 heterocycles. The Morgan fingerprint density at radius 3 is 2.85 bits per heavy atom. The molecule has 0 aliphatic carbocycles. The molecule has 106 valence electrons. The number of nitriles is 1. The van der Waals surface area contributed by atoms with Crippen LogP contribution < -0.4 is 10.1 Å². The lowest BCUT2D eigenvalue weighted by atomic mass is 10.1. The zero-order valence-electron chi connectivity index (χ0n) is 11.6. The van der Waals surface area contributed by atoms with E-state index in [1.165, 1.54) is 12.1 Å². The molecule has 1 aromatic rings. The number of nitrogens with zero attached hydrogens (tertiary/aromatic N) is 1. The van der Waals surface area contributed by atoms with E-state index in [4.69, 9.17) is 10.00 Å². The van der Waals surface area contributed by atoms with Gasteiger partial charge in [-0.05, 0) is 37.1 Å². The molecule has 0 saturated carbocycles. The van der Waals surface area contributed by atoms with Crippen molar-refractivity contribution in [1.29, 1.82) is 5.26 Å². The molecule has 1 aromatic carbocycles. The van der Waals surface area contributed by atoms with Crippen molar-refractivity contribution < 1.29 is 14.6 Å². The van der Waals surface area contributed by atoms with Gasteiger partial charge in [0.05, 0.1) is 6.61 Å². The van der Waals surface area contributed by atoms with Crippen LogP contribution in [-0.4, -0.2) is 24.2 Å². The van der Waals surface area contributed by atoms with Gasteiger partial charge < -0.3 is 15.2 Å². The molecule has 20 heavy (non-hydrogen) atoms. The molecular formula is C15H18N2O3. The third kappa shape index (κ3) is 4.32. The number of hydrogen-bond acceptors (Lipinski definition) is 4. The molecule has 1 rings (SSSR count). The first-order valence-corrected chi connectivity index (χ1v) is 6.48. The number of amides is 1. The molecule has 0 aliphatic rings. The standard InChI is InChI=1S/C15H18N2O3/c1-3-7-17-15(19)12(10-16)8-11-5-6-13(18)14(9-11)20-4-2/h5-6,8-9,18H,3-4,7H2,1-2H3,(H,17,19). The lowest BCUT2D eigenvalue weighted by Crippen LogP contribution is -2.25. The fourth-order valence-electron chi connectivity index (χ4n) is 1.54. The van der Waals surface area contributed by atoms with Crippen LogP contribution in [0.3, 0.4) is 0 Å². The van der Waals surface area contributed by atoms with E-state index in [1.54, 1.807) is 19.1 Å². The molecule has 0 aliphatic heterocycles. The first kappa shape index (κ1) is 15.6. The summed E-state index contributed by atoms with van der Waals surface area (Å²) in [6.07, 6.45) is 2.27. The van der Waals surface area contributed by atoms with Crippen molar-refractivity contribution in [2.24, 2.45) is 0 Å². The first-order valence-electron chi connectivity index (χ1n) is 6.48. The monoisotopic (exact) mass is 274 g/mol. The summed E-state index contributed by atoms with van der Waals surface area (Å²) < 4.78 is 5.26. The van der Waals surface area contributed by atoms with Crippen molar-refractivity contribution >= 4 is 12.0 Å². The van der Waals surface area contributed by atoms with Crippen molar-refractivity contribution in [3.05, 3.63) is 29.3 Å². The third-order valence-electron chi connectivity index (χ3n) is 2.50. The van der Waals surface area contributed by atoms with Gasteiger partial charge in [0.25, 0.3) is 5.91 Å². The molecule has 5 heteroatoms. The largest absolute Gasteiger partial charge is 0.504 e. The lowest BCUT2D eigenvalue weighted by Gasteiger charge is -2.07. The van der Waals surface area contributed by atoms with Crippen LogP contribution in [0, 0.1) is 11.3 Å². The van der Waals surface area contributed by atoms with Crippen LogP contribution in [0.2, 0.25) is 0 Å². The fraction of sp³-hybridized carbons (Fsp3) is 0.333. The fourth-order valence-corrected chi connectivity index (χ4v) is 1.54. The van der Waals surface area contributed by atoms with Crippen LogP contribution in [0.4, 0.5) is 0 Å². The van der Waals surface area contributed by atoms with E-state index in [1.807, 2.05) is 13.0 Å². The van der Waals surface area contributed by atoms with Gasteiger partial charge >= 0.3 is 0 Å². The number of carbonyl (C=O) groups is 1. The van der Waals surface area contributed by atoms with Gasteiger partial charge in [-0.15, -0.1) is 0 Å². The summed E-state index contributed by atoms with van der Waals surface area (Å²) in [5.74, 6) is -0.0502. The highest BCUT2D eigenvalue weighted by atomic mass is 16.5. The molecule has 0 atom stereocenters. The van der Waals surface area contributed by atoms with E-state index in [0.29, 0.717) is 24.5 Å². The average Bonchev–Trinajstić information content (AvgIpc) is 2.45. The zero-order chi connectivity index (χ0) is 15.0. The first-order chi connectivity index (χ1) is 9.62. The van der Waals surface area contributed by atoms with Crippen molar-refractivity contribution in [2.45, 2.75) is 20.3 Å². The maximum Gasteiger partial charge on any atom is 0.261 e. The highest BCUT2D eigenvalue weighted by Crippen LogP contribution is 2.27. The Morgan fingerprint density at radius 2 is 2.25 bits per heavy atom. The minimum Gasteiger partial charge on any atom is -0.504 e. The van der Waals surface area contributed by atoms with Gasteiger partial charge in [0, 0.05) is 6.54 Å². The van der Waals surface area contributed by atoms with E-state index in [0.717, 1.165) is 6.42 Å². The second-order valence-corrected chi connectivity index (χ2v) is 4.09. The summed E-state index contributed by atoms with van der Waals surface area (Å²) in [6.45, 7) is 4.69. The number of nitrogens with one attached hydrogen (secondary N) is 1. The van der Waals surface area contributed by atoms with Crippen LogP contribution in [0.5, 0.6) is 11.5 Å². The van der Waals surface area contributed by atoms with Crippen molar-refractivity contribution in [1.82, 2.24) is 5.32 Å². The van der Waals surface area contributed by atoms with Crippen LogP contribution in [0.15, 0.2) is 23.8 Å². The van der Waals surface area contributed by atoms with Gasteiger partial charge in [-0.1, -0.05) is 13.0 Å². The average molecular weight is 274 g/mol. The molecule has 0 fully saturated rings. The Labute approximate surface area is 118 Å². The number of hydrogen-bond donors (Lipinski definition) is 2. The topological polar surface area (TPSA) is 82.4 Å². The van der Waals surface area contributed by atoms with Gasteiger partial charge in [0.2, 0.25) is 0 Å². The van der Waals surface area contributed by atoms with Crippen molar-refractivity contribution in [2.75, 3.05) is 13.2 Å². The van der Waals surface area contributed by atoms with E-state index < -0.39 is 5.91 Å². The number of benzene rings is 1. The molecule has 0 bridgehead atoms. The Morgan fingerprint density at radius 1 is 1.50 bits per heavy atom. The molecule has 0 aromatic heterocycles. The maximum atomic E-state index is 11.7. The predicted molar refractivity (Wildman–Crippen MR) is 76.2 cm³/mol. The summed E-state index contributed by atoms with van der Waals surface area (Å²) >= 11 is 0. The Bertz CT molecular complexity index is 545. The molecule has 2 N–H and O–H groups in total. The number of phenols is 1. The van der Waals surface area contributed by atoms with E-state index in [2.05, 4.69) is 5.32 Å². The van der Waals surface area contributed by atoms with E-state index in [9.17, 15) is 9.90 Å². The van der Waals surface area contributed by atoms with Crippen molar-refractivity contribution in [3.8, 4) is 17.6 Å². The van der Waals surface area contributed by atoms with Crippen LogP contribution in [0.1, 0.15) is 25.8 Å². The van der Waals surface area contributed by atoms with Crippen molar-refractivity contribution in [3.63, 3.8) is 0 Å². The van der Waals surface area contributed by atoms with E-state index >= 15 is 0 Å². The second-order valence-electron chi connectivity index (χ2n) is 4.09. The highest BCUT2D eigenvalue weighted by Gasteiger charge is 2.09. The minimum absolute atomic E-state index is 0.0200. The number of ether oxygens (including phenoxy) is 1. The molecule has 5 nitrogen and oxygen atoms in total. The highest BCUT2D eigenvalue weighted by molar-refractivity contribution is 6.01. The number of phenolic OH excluding ortho intramolecular Hbond substituents is 1. The SMILES string of the molecule is CCCNC(=O)C(C#N)=Cc1ccc(O)c(OCC)c1. The smallest absolute Gasteiger partial charge is 0.261 e. The normalized spacial score (nSPS) is 10.8. The summed E-state index contributed by atoms with van der Waals surface area (Å²) in [5.41, 5.74) is 0.640. The summed E-state index contributed by atoms with van der Waals surface area (Å²) in [6, 6.07) is 6.54. The summed E-state index contributed by atoms with van der Waals surface area (Å²) in [4.78, 5) is 11.7. The third-order valence-corrected chi connectivity index (χ3v) is 2.50. The van der Waals surface area contributed by atoms with Gasteiger partial charge in [-0.3, -0.25) is 4.79 Å². The van der Waals surface area contributed by atoms with Gasteiger partial charge in [0.15, 0.2) is 11.5 Å².